The predicted molar refractivity (Wildman–Crippen MR) is 106 cm³/mol. The molecule has 0 saturated carbocycles. The molecule has 2 aromatic heterocycles. The van der Waals surface area contributed by atoms with E-state index in [0.717, 1.165) is 15.4 Å². The normalized spacial score (nSPS) is 11.6. The van der Waals surface area contributed by atoms with Gasteiger partial charge in [-0.05, 0) is 42.8 Å². The Balaban J connectivity index is 1.81. The third-order valence-electron chi connectivity index (χ3n) is 4.15. The number of benzene rings is 2. The number of nitro groups is 1. The van der Waals surface area contributed by atoms with Crippen LogP contribution in [0.3, 0.4) is 0 Å². The van der Waals surface area contributed by atoms with E-state index in [9.17, 15) is 14.9 Å². The Hall–Kier alpha value is -3.33. The summed E-state index contributed by atoms with van der Waals surface area (Å²) in [6.07, 6.45) is 1.46. The summed E-state index contributed by atoms with van der Waals surface area (Å²) in [6.45, 7) is 1.70. The molecule has 27 heavy (non-hydrogen) atoms. The van der Waals surface area contributed by atoms with E-state index in [4.69, 9.17) is 0 Å². The molecule has 0 aliphatic heterocycles. The standard InChI is InChI=1S/C18H12BrN5O3/c1-10-21-16-14-8-12(19)4-7-15(14)22-17(16)18(25)23(10)20-9-11-2-5-13(6-3-11)24(26)27/h2-9,22H,1H3/b20-9+. The molecule has 9 heteroatoms. The molecule has 0 aliphatic carbocycles. The zero-order valence-electron chi connectivity index (χ0n) is 14.0. The van der Waals surface area contributed by atoms with Gasteiger partial charge in [0.15, 0.2) is 0 Å². The van der Waals surface area contributed by atoms with Gasteiger partial charge in [-0.2, -0.15) is 9.78 Å². The lowest BCUT2D eigenvalue weighted by atomic mass is 10.2. The number of H-pyrrole nitrogens is 1. The molecule has 0 amide bonds. The monoisotopic (exact) mass is 425 g/mol. The second-order valence-corrected chi connectivity index (χ2v) is 6.82. The lowest BCUT2D eigenvalue weighted by molar-refractivity contribution is -0.384. The van der Waals surface area contributed by atoms with E-state index in [1.54, 1.807) is 19.1 Å². The van der Waals surface area contributed by atoms with Crippen molar-refractivity contribution in [1.29, 1.82) is 0 Å². The van der Waals surface area contributed by atoms with Crippen LogP contribution in [0.2, 0.25) is 0 Å². The molecular formula is C18H12BrN5O3. The number of fused-ring (bicyclic) bond motifs is 3. The van der Waals surface area contributed by atoms with Crippen molar-refractivity contribution < 1.29 is 4.92 Å². The Bertz CT molecular complexity index is 1290. The van der Waals surface area contributed by atoms with Crippen LogP contribution in [0.4, 0.5) is 5.69 Å². The molecule has 0 aliphatic rings. The van der Waals surface area contributed by atoms with E-state index in [-0.39, 0.29) is 11.2 Å². The summed E-state index contributed by atoms with van der Waals surface area (Å²) < 4.78 is 2.10. The van der Waals surface area contributed by atoms with E-state index >= 15 is 0 Å². The van der Waals surface area contributed by atoms with Crippen LogP contribution >= 0.6 is 15.9 Å². The maximum Gasteiger partial charge on any atom is 0.298 e. The maximum absolute atomic E-state index is 12.8. The average molecular weight is 426 g/mol. The SMILES string of the molecule is Cc1nc2c([nH]c3ccc(Br)cc32)c(=O)n1/N=C/c1ccc([N+](=O)[O-])cc1. The Morgan fingerprint density at radius 3 is 2.70 bits per heavy atom. The Labute approximate surface area is 160 Å². The van der Waals surface area contributed by atoms with Gasteiger partial charge in [0.05, 0.1) is 11.1 Å². The summed E-state index contributed by atoms with van der Waals surface area (Å²) >= 11 is 3.43. The van der Waals surface area contributed by atoms with Crippen molar-refractivity contribution in [2.45, 2.75) is 6.92 Å². The molecule has 4 rings (SSSR count). The van der Waals surface area contributed by atoms with Crippen molar-refractivity contribution in [3.63, 3.8) is 0 Å². The van der Waals surface area contributed by atoms with E-state index in [0.29, 0.717) is 22.4 Å². The lowest BCUT2D eigenvalue weighted by Gasteiger charge is -2.03. The van der Waals surface area contributed by atoms with Gasteiger partial charge in [0.1, 0.15) is 16.9 Å². The molecule has 0 fully saturated rings. The molecule has 2 aromatic carbocycles. The minimum absolute atomic E-state index is 0.00665. The van der Waals surface area contributed by atoms with Crippen molar-refractivity contribution in [3.05, 3.63) is 78.8 Å². The molecular weight excluding hydrogens is 414 g/mol. The summed E-state index contributed by atoms with van der Waals surface area (Å²) in [5, 5.41) is 15.8. The highest BCUT2D eigenvalue weighted by atomic mass is 79.9. The Morgan fingerprint density at radius 1 is 1.26 bits per heavy atom. The number of hydrogen-bond acceptors (Lipinski definition) is 5. The van der Waals surface area contributed by atoms with Crippen LogP contribution in [0.5, 0.6) is 0 Å². The van der Waals surface area contributed by atoms with Crippen LogP contribution < -0.4 is 5.56 Å². The van der Waals surface area contributed by atoms with Gasteiger partial charge in [0, 0.05) is 27.5 Å². The number of non-ortho nitro benzene ring substituents is 1. The van der Waals surface area contributed by atoms with Gasteiger partial charge in [-0.25, -0.2) is 4.98 Å². The van der Waals surface area contributed by atoms with Gasteiger partial charge in [0.2, 0.25) is 0 Å². The molecule has 0 radical (unpaired) electrons. The second kappa shape index (κ2) is 6.44. The first-order chi connectivity index (χ1) is 12.9. The number of aromatic amines is 1. The molecule has 0 spiro atoms. The van der Waals surface area contributed by atoms with E-state index in [1.165, 1.54) is 23.0 Å². The van der Waals surface area contributed by atoms with E-state index < -0.39 is 4.92 Å². The number of nitrogens with one attached hydrogen (secondary N) is 1. The van der Waals surface area contributed by atoms with Gasteiger partial charge in [0.25, 0.3) is 11.2 Å². The molecule has 8 nitrogen and oxygen atoms in total. The fraction of sp³-hybridized carbons (Fsp3) is 0.0556. The number of nitro benzene ring substituents is 1. The Morgan fingerprint density at radius 2 is 2.00 bits per heavy atom. The third kappa shape index (κ3) is 3.02. The van der Waals surface area contributed by atoms with E-state index in [1.807, 2.05) is 18.2 Å². The first-order valence-corrected chi connectivity index (χ1v) is 8.73. The van der Waals surface area contributed by atoms with Crippen molar-refractivity contribution in [2.75, 3.05) is 0 Å². The first-order valence-electron chi connectivity index (χ1n) is 7.93. The first kappa shape index (κ1) is 17.1. The minimum atomic E-state index is -0.471. The number of aromatic nitrogens is 3. The zero-order valence-corrected chi connectivity index (χ0v) is 15.6. The highest BCUT2D eigenvalue weighted by molar-refractivity contribution is 9.10. The summed E-state index contributed by atoms with van der Waals surface area (Å²) in [5.74, 6) is 0.437. The fourth-order valence-electron chi connectivity index (χ4n) is 2.83. The van der Waals surface area contributed by atoms with Crippen LogP contribution in [0.15, 0.2) is 56.8 Å². The molecule has 0 saturated heterocycles. The third-order valence-corrected chi connectivity index (χ3v) is 4.64. The van der Waals surface area contributed by atoms with Crippen LogP contribution in [-0.2, 0) is 0 Å². The summed E-state index contributed by atoms with van der Waals surface area (Å²) in [5.41, 5.74) is 2.09. The molecule has 0 atom stereocenters. The Kier molecular flexibility index (Phi) is 4.08. The average Bonchev–Trinajstić information content (AvgIpc) is 3.00. The highest BCUT2D eigenvalue weighted by Gasteiger charge is 2.13. The number of nitrogens with zero attached hydrogens (tertiary/aromatic N) is 4. The smallest absolute Gasteiger partial charge is 0.298 e. The van der Waals surface area contributed by atoms with Crippen molar-refractivity contribution >= 4 is 49.8 Å². The summed E-state index contributed by atoms with van der Waals surface area (Å²) in [6, 6.07) is 11.6. The van der Waals surface area contributed by atoms with E-state index in [2.05, 4.69) is 31.0 Å². The number of rotatable bonds is 3. The zero-order chi connectivity index (χ0) is 19.1. The topological polar surface area (TPSA) is 106 Å². The van der Waals surface area contributed by atoms with Gasteiger partial charge in [-0.3, -0.25) is 14.9 Å². The summed E-state index contributed by atoms with van der Waals surface area (Å²) in [7, 11) is 0. The molecule has 2 heterocycles. The van der Waals surface area contributed by atoms with Crippen LogP contribution in [0.25, 0.3) is 21.9 Å². The van der Waals surface area contributed by atoms with Crippen molar-refractivity contribution in [2.24, 2.45) is 5.10 Å². The van der Waals surface area contributed by atoms with Gasteiger partial charge in [-0.15, -0.1) is 0 Å². The number of aryl methyl sites for hydroxylation is 1. The summed E-state index contributed by atoms with van der Waals surface area (Å²) in [4.78, 5) is 30.7. The van der Waals surface area contributed by atoms with Gasteiger partial charge >= 0.3 is 0 Å². The molecule has 0 unspecified atom stereocenters. The van der Waals surface area contributed by atoms with Crippen LogP contribution in [-0.4, -0.2) is 25.8 Å². The second-order valence-electron chi connectivity index (χ2n) is 5.91. The number of halogens is 1. The molecule has 134 valence electrons. The van der Waals surface area contributed by atoms with Gasteiger partial charge in [-0.1, -0.05) is 15.9 Å². The van der Waals surface area contributed by atoms with Crippen LogP contribution in [0, 0.1) is 17.0 Å². The highest BCUT2D eigenvalue weighted by Crippen LogP contribution is 2.25. The molecule has 0 bridgehead atoms. The fourth-order valence-corrected chi connectivity index (χ4v) is 3.19. The van der Waals surface area contributed by atoms with Crippen molar-refractivity contribution in [3.8, 4) is 0 Å². The lowest BCUT2D eigenvalue weighted by Crippen LogP contribution is -2.20. The largest absolute Gasteiger partial charge is 0.349 e. The minimum Gasteiger partial charge on any atom is -0.349 e. The number of hydrogen-bond donors (Lipinski definition) is 1. The quantitative estimate of drug-likeness (QED) is 0.306. The van der Waals surface area contributed by atoms with Crippen LogP contribution in [0.1, 0.15) is 11.4 Å². The predicted octanol–water partition coefficient (Wildman–Crippen LogP) is 3.74. The van der Waals surface area contributed by atoms with Crippen molar-refractivity contribution in [1.82, 2.24) is 14.6 Å². The molecule has 4 aromatic rings. The molecule has 1 N–H and O–H groups in total. The maximum atomic E-state index is 12.8. The van der Waals surface area contributed by atoms with Gasteiger partial charge < -0.3 is 4.98 Å².